The SMILES string of the molecule is CCN(CC)CCOC(=O)c1ccc(NS(=O)(=O)c2cnn(CC)c2)cc1. The molecule has 0 saturated carbocycles. The first-order chi connectivity index (χ1) is 12.9. The number of hydrogen-bond acceptors (Lipinski definition) is 6. The van der Waals surface area contributed by atoms with Crippen molar-refractivity contribution in [2.45, 2.75) is 32.2 Å². The molecule has 0 aliphatic carbocycles. The van der Waals surface area contributed by atoms with Crippen molar-refractivity contribution >= 4 is 21.7 Å². The van der Waals surface area contributed by atoms with Crippen molar-refractivity contribution in [3.8, 4) is 0 Å². The van der Waals surface area contributed by atoms with Crippen LogP contribution in [0.5, 0.6) is 0 Å². The molecule has 0 saturated heterocycles. The van der Waals surface area contributed by atoms with Gasteiger partial charge < -0.3 is 9.64 Å². The van der Waals surface area contributed by atoms with Crippen molar-refractivity contribution < 1.29 is 17.9 Å². The van der Waals surface area contributed by atoms with E-state index >= 15 is 0 Å². The molecule has 0 fully saturated rings. The number of benzene rings is 1. The molecule has 2 rings (SSSR count). The zero-order valence-electron chi connectivity index (χ0n) is 15.9. The number of esters is 1. The smallest absolute Gasteiger partial charge is 0.338 e. The fourth-order valence-corrected chi connectivity index (χ4v) is 3.45. The molecular weight excluding hydrogens is 368 g/mol. The summed E-state index contributed by atoms with van der Waals surface area (Å²) in [5.74, 6) is -0.430. The molecule has 1 aromatic heterocycles. The molecule has 1 heterocycles. The lowest BCUT2D eigenvalue weighted by molar-refractivity contribution is 0.0466. The highest BCUT2D eigenvalue weighted by Gasteiger charge is 2.17. The summed E-state index contributed by atoms with van der Waals surface area (Å²) in [5.41, 5.74) is 0.732. The summed E-state index contributed by atoms with van der Waals surface area (Å²) in [5, 5.41) is 3.97. The van der Waals surface area contributed by atoms with Gasteiger partial charge in [-0.2, -0.15) is 5.10 Å². The second-order valence-corrected chi connectivity index (χ2v) is 7.56. The number of nitrogens with zero attached hydrogens (tertiary/aromatic N) is 3. The summed E-state index contributed by atoms with van der Waals surface area (Å²) in [6, 6.07) is 6.13. The van der Waals surface area contributed by atoms with Gasteiger partial charge in [0.1, 0.15) is 11.5 Å². The van der Waals surface area contributed by atoms with E-state index in [1.807, 2.05) is 6.92 Å². The second-order valence-electron chi connectivity index (χ2n) is 5.88. The van der Waals surface area contributed by atoms with Gasteiger partial charge in [0.15, 0.2) is 0 Å². The predicted octanol–water partition coefficient (Wildman–Crippen LogP) is 2.20. The Morgan fingerprint density at radius 2 is 1.85 bits per heavy atom. The summed E-state index contributed by atoms with van der Waals surface area (Å²) in [4.78, 5) is 14.3. The maximum Gasteiger partial charge on any atom is 0.338 e. The Hall–Kier alpha value is -2.39. The van der Waals surface area contributed by atoms with Gasteiger partial charge in [0.05, 0.1) is 11.8 Å². The topological polar surface area (TPSA) is 93.5 Å². The Labute approximate surface area is 160 Å². The molecule has 9 heteroatoms. The molecule has 0 radical (unpaired) electrons. The lowest BCUT2D eigenvalue weighted by Crippen LogP contribution is -2.27. The molecule has 27 heavy (non-hydrogen) atoms. The molecule has 1 N–H and O–H groups in total. The molecule has 0 aliphatic rings. The van der Waals surface area contributed by atoms with Crippen LogP contribution in [0.25, 0.3) is 0 Å². The van der Waals surface area contributed by atoms with Crippen LogP contribution in [0.4, 0.5) is 5.69 Å². The average Bonchev–Trinajstić information content (AvgIpc) is 3.16. The number of sulfonamides is 1. The number of anilines is 1. The number of hydrogen-bond donors (Lipinski definition) is 1. The van der Waals surface area contributed by atoms with Gasteiger partial charge in [0, 0.05) is 25.0 Å². The van der Waals surface area contributed by atoms with E-state index in [0.717, 1.165) is 13.1 Å². The van der Waals surface area contributed by atoms with Gasteiger partial charge >= 0.3 is 5.97 Å². The zero-order chi connectivity index (χ0) is 19.9. The van der Waals surface area contributed by atoms with Crippen molar-refractivity contribution in [2.75, 3.05) is 31.0 Å². The summed E-state index contributed by atoms with van der Waals surface area (Å²) in [7, 11) is -3.72. The van der Waals surface area contributed by atoms with Crippen LogP contribution in [0.2, 0.25) is 0 Å². The largest absolute Gasteiger partial charge is 0.461 e. The number of aromatic nitrogens is 2. The lowest BCUT2D eigenvalue weighted by atomic mass is 10.2. The first-order valence-electron chi connectivity index (χ1n) is 8.94. The normalized spacial score (nSPS) is 11.6. The van der Waals surface area contributed by atoms with Crippen LogP contribution in [0.1, 0.15) is 31.1 Å². The Kier molecular flexibility index (Phi) is 7.37. The third kappa shape index (κ3) is 5.80. The van der Waals surface area contributed by atoms with Gasteiger partial charge in [-0.15, -0.1) is 0 Å². The van der Waals surface area contributed by atoms with Crippen LogP contribution in [-0.2, 0) is 21.3 Å². The molecule has 8 nitrogen and oxygen atoms in total. The van der Waals surface area contributed by atoms with E-state index in [-0.39, 0.29) is 4.90 Å². The number of rotatable bonds is 10. The fourth-order valence-electron chi connectivity index (χ4n) is 2.44. The first-order valence-corrected chi connectivity index (χ1v) is 10.4. The van der Waals surface area contributed by atoms with Crippen molar-refractivity contribution in [1.82, 2.24) is 14.7 Å². The van der Waals surface area contributed by atoms with E-state index in [1.165, 1.54) is 41.3 Å². The zero-order valence-corrected chi connectivity index (χ0v) is 16.7. The van der Waals surface area contributed by atoms with Crippen LogP contribution >= 0.6 is 0 Å². The summed E-state index contributed by atoms with van der Waals surface area (Å²) in [6.07, 6.45) is 2.76. The van der Waals surface area contributed by atoms with Crippen LogP contribution in [-0.4, -0.2) is 55.3 Å². The summed E-state index contributed by atoms with van der Waals surface area (Å²) < 4.78 is 34.0. The highest BCUT2D eigenvalue weighted by Crippen LogP contribution is 2.16. The minimum Gasteiger partial charge on any atom is -0.461 e. The van der Waals surface area contributed by atoms with Gasteiger partial charge in [-0.3, -0.25) is 9.40 Å². The van der Waals surface area contributed by atoms with Crippen molar-refractivity contribution in [1.29, 1.82) is 0 Å². The van der Waals surface area contributed by atoms with Crippen LogP contribution in [0, 0.1) is 0 Å². The van der Waals surface area contributed by atoms with Gasteiger partial charge in [-0.05, 0) is 44.3 Å². The number of carbonyl (C=O) groups excluding carboxylic acids is 1. The third-order valence-corrected chi connectivity index (χ3v) is 5.49. The molecule has 0 amide bonds. The van der Waals surface area contributed by atoms with Crippen molar-refractivity contribution in [3.05, 3.63) is 42.2 Å². The highest BCUT2D eigenvalue weighted by atomic mass is 32.2. The molecule has 1 aromatic carbocycles. The highest BCUT2D eigenvalue weighted by molar-refractivity contribution is 7.92. The van der Waals surface area contributed by atoms with E-state index in [1.54, 1.807) is 0 Å². The monoisotopic (exact) mass is 394 g/mol. The van der Waals surface area contributed by atoms with Crippen LogP contribution in [0.15, 0.2) is 41.6 Å². The lowest BCUT2D eigenvalue weighted by Gasteiger charge is -2.17. The van der Waals surface area contributed by atoms with E-state index in [4.69, 9.17) is 4.74 Å². The summed E-state index contributed by atoms with van der Waals surface area (Å²) >= 11 is 0. The predicted molar refractivity (Wildman–Crippen MR) is 103 cm³/mol. The number of aryl methyl sites for hydroxylation is 1. The Bertz CT molecular complexity index is 843. The second kappa shape index (κ2) is 9.52. The van der Waals surface area contributed by atoms with E-state index < -0.39 is 16.0 Å². The van der Waals surface area contributed by atoms with E-state index in [2.05, 4.69) is 28.6 Å². The van der Waals surface area contributed by atoms with Crippen LogP contribution in [0.3, 0.4) is 0 Å². The fraction of sp³-hybridized carbons (Fsp3) is 0.444. The molecule has 0 unspecified atom stereocenters. The molecule has 0 bridgehead atoms. The minimum atomic E-state index is -3.72. The number of nitrogens with one attached hydrogen (secondary N) is 1. The number of ether oxygens (including phenoxy) is 1. The standard InChI is InChI=1S/C18H26N4O4S/c1-4-21(5-2)11-12-26-18(23)15-7-9-16(10-8-15)20-27(24,25)17-13-19-22(6-3)14-17/h7-10,13-14,20H,4-6,11-12H2,1-3H3. The van der Waals surface area contributed by atoms with Crippen LogP contribution < -0.4 is 4.72 Å². The average molecular weight is 394 g/mol. The number of carbonyl (C=O) groups is 1. The van der Waals surface area contributed by atoms with Gasteiger partial charge in [-0.1, -0.05) is 13.8 Å². The Morgan fingerprint density at radius 1 is 1.19 bits per heavy atom. The van der Waals surface area contributed by atoms with Crippen molar-refractivity contribution in [2.24, 2.45) is 0 Å². The minimum absolute atomic E-state index is 0.0873. The van der Waals surface area contributed by atoms with Gasteiger partial charge in [0.25, 0.3) is 10.0 Å². The third-order valence-electron chi connectivity index (χ3n) is 4.15. The maximum absolute atomic E-state index is 12.4. The van der Waals surface area contributed by atoms with Gasteiger partial charge in [0.2, 0.25) is 0 Å². The molecule has 2 aromatic rings. The molecular formula is C18H26N4O4S. The quantitative estimate of drug-likeness (QED) is 0.621. The van der Waals surface area contributed by atoms with E-state index in [0.29, 0.717) is 30.9 Å². The molecule has 0 atom stereocenters. The van der Waals surface area contributed by atoms with Gasteiger partial charge in [-0.25, -0.2) is 13.2 Å². The number of likely N-dealkylation sites (N-methyl/N-ethyl adjacent to an activating group) is 1. The maximum atomic E-state index is 12.4. The molecule has 0 aliphatic heterocycles. The molecule has 0 spiro atoms. The summed E-state index contributed by atoms with van der Waals surface area (Å²) in [6.45, 7) is 9.37. The van der Waals surface area contributed by atoms with E-state index in [9.17, 15) is 13.2 Å². The van der Waals surface area contributed by atoms with Crippen molar-refractivity contribution in [3.63, 3.8) is 0 Å². The Morgan fingerprint density at radius 3 is 2.41 bits per heavy atom. The Balaban J connectivity index is 1.95. The first kappa shape index (κ1) is 20.9. The molecule has 148 valence electrons.